The van der Waals surface area contributed by atoms with E-state index in [-0.39, 0.29) is 23.4 Å². The van der Waals surface area contributed by atoms with Gasteiger partial charge in [-0.15, -0.1) is 0 Å². The third kappa shape index (κ3) is 4.28. The van der Waals surface area contributed by atoms with Gasteiger partial charge < -0.3 is 5.32 Å². The van der Waals surface area contributed by atoms with Gasteiger partial charge in [0.15, 0.2) is 0 Å². The van der Waals surface area contributed by atoms with E-state index in [1.165, 1.54) is 12.8 Å². The first-order chi connectivity index (χ1) is 13.8. The zero-order valence-electron chi connectivity index (χ0n) is 16.3. The van der Waals surface area contributed by atoms with Gasteiger partial charge in [-0.05, 0) is 74.4 Å². The van der Waals surface area contributed by atoms with Crippen molar-refractivity contribution in [3.8, 4) is 0 Å². The summed E-state index contributed by atoms with van der Waals surface area (Å²) >= 11 is 5.97. The molecule has 29 heavy (non-hydrogen) atoms. The van der Waals surface area contributed by atoms with Crippen molar-refractivity contribution in [1.82, 2.24) is 5.32 Å². The van der Waals surface area contributed by atoms with Crippen LogP contribution in [0.4, 0.5) is 5.69 Å². The molecule has 2 aliphatic carbocycles. The van der Waals surface area contributed by atoms with Crippen LogP contribution in [0.2, 0.25) is 5.02 Å². The molecule has 2 aromatic rings. The van der Waals surface area contributed by atoms with Crippen LogP contribution in [-0.2, 0) is 14.8 Å². The summed E-state index contributed by atoms with van der Waals surface area (Å²) in [5.41, 5.74) is 1.38. The molecule has 154 valence electrons. The number of fused-ring (bicyclic) bond motifs is 2. The third-order valence-corrected chi connectivity index (χ3v) is 8.14. The second kappa shape index (κ2) is 8.00. The summed E-state index contributed by atoms with van der Waals surface area (Å²) in [6.45, 7) is 1.64. The number of carbonyl (C=O) groups excluding carboxylic acids is 1. The van der Waals surface area contributed by atoms with Crippen LogP contribution in [0.3, 0.4) is 0 Å². The van der Waals surface area contributed by atoms with Crippen LogP contribution in [0.5, 0.6) is 0 Å². The van der Waals surface area contributed by atoms with E-state index in [1.54, 1.807) is 48.5 Å². The van der Waals surface area contributed by atoms with E-state index in [0.29, 0.717) is 22.5 Å². The van der Waals surface area contributed by atoms with Crippen molar-refractivity contribution in [2.24, 2.45) is 11.8 Å². The molecule has 0 aliphatic heterocycles. The molecule has 0 heterocycles. The molecule has 0 aromatic heterocycles. The summed E-state index contributed by atoms with van der Waals surface area (Å²) in [6, 6.07) is 13.3. The van der Waals surface area contributed by atoms with Crippen LogP contribution < -0.4 is 9.62 Å². The van der Waals surface area contributed by atoms with Crippen molar-refractivity contribution in [2.45, 2.75) is 43.5 Å². The van der Waals surface area contributed by atoms with E-state index in [9.17, 15) is 13.2 Å². The average molecular weight is 433 g/mol. The van der Waals surface area contributed by atoms with Gasteiger partial charge in [-0.3, -0.25) is 9.10 Å². The van der Waals surface area contributed by atoms with Gasteiger partial charge in [-0.1, -0.05) is 35.7 Å². The third-order valence-electron chi connectivity index (χ3n) is 6.10. The van der Waals surface area contributed by atoms with Crippen molar-refractivity contribution in [1.29, 1.82) is 0 Å². The van der Waals surface area contributed by atoms with Crippen LogP contribution in [-0.4, -0.2) is 26.9 Å². The predicted molar refractivity (Wildman–Crippen MR) is 115 cm³/mol. The molecule has 1 N–H and O–H groups in total. The topological polar surface area (TPSA) is 66.5 Å². The zero-order valence-corrected chi connectivity index (χ0v) is 17.9. The summed E-state index contributed by atoms with van der Waals surface area (Å²) < 4.78 is 27.8. The molecule has 0 saturated heterocycles. The molecule has 2 aliphatic rings. The molecule has 2 bridgehead atoms. The lowest BCUT2D eigenvalue weighted by Crippen LogP contribution is -2.45. The minimum Gasteiger partial charge on any atom is -0.352 e. The van der Waals surface area contributed by atoms with Crippen LogP contribution in [0.1, 0.15) is 31.2 Å². The monoisotopic (exact) mass is 432 g/mol. The Balaban J connectivity index is 1.59. The minimum absolute atomic E-state index is 0.158. The van der Waals surface area contributed by atoms with Crippen LogP contribution in [0, 0.1) is 18.8 Å². The Morgan fingerprint density at radius 3 is 2.34 bits per heavy atom. The fourth-order valence-corrected chi connectivity index (χ4v) is 6.11. The summed E-state index contributed by atoms with van der Waals surface area (Å²) in [5, 5.41) is 3.59. The predicted octanol–water partition coefficient (Wildman–Crippen LogP) is 4.15. The molecule has 2 saturated carbocycles. The lowest BCUT2D eigenvalue weighted by Gasteiger charge is -2.27. The molecule has 2 fully saturated rings. The summed E-state index contributed by atoms with van der Waals surface area (Å²) in [4.78, 5) is 13.0. The van der Waals surface area contributed by atoms with E-state index < -0.39 is 10.0 Å². The summed E-state index contributed by atoms with van der Waals surface area (Å²) in [6.07, 6.45) is 4.57. The van der Waals surface area contributed by atoms with Gasteiger partial charge in [0.2, 0.25) is 5.91 Å². The van der Waals surface area contributed by atoms with E-state index in [4.69, 9.17) is 11.6 Å². The number of benzene rings is 2. The highest BCUT2D eigenvalue weighted by molar-refractivity contribution is 7.92. The number of anilines is 1. The SMILES string of the molecule is Cc1ccc(S(=O)(=O)N(CC(=O)N[C@H]2C[C@H]3CC[C@H]2C3)c2ccc(Cl)cc2)cc1. The van der Waals surface area contributed by atoms with E-state index in [0.717, 1.165) is 22.7 Å². The first-order valence-electron chi connectivity index (χ1n) is 9.97. The Labute approximate surface area is 177 Å². The molecule has 5 nitrogen and oxygen atoms in total. The number of sulfonamides is 1. The maximum atomic E-state index is 13.3. The largest absolute Gasteiger partial charge is 0.352 e. The summed E-state index contributed by atoms with van der Waals surface area (Å²) in [5.74, 6) is 0.962. The van der Waals surface area contributed by atoms with E-state index in [2.05, 4.69) is 5.32 Å². The number of rotatable bonds is 6. The molecule has 7 heteroatoms. The van der Waals surface area contributed by atoms with Gasteiger partial charge in [0.1, 0.15) is 6.54 Å². The van der Waals surface area contributed by atoms with E-state index in [1.807, 2.05) is 6.92 Å². The second-order valence-corrected chi connectivity index (χ2v) is 10.4. The lowest BCUT2D eigenvalue weighted by molar-refractivity contribution is -0.120. The Morgan fingerprint density at radius 1 is 1.07 bits per heavy atom. The maximum absolute atomic E-state index is 13.3. The van der Waals surface area contributed by atoms with Crippen LogP contribution in [0.15, 0.2) is 53.4 Å². The molecule has 3 atom stereocenters. The first kappa shape index (κ1) is 20.2. The average Bonchev–Trinajstić information content (AvgIpc) is 3.30. The summed E-state index contributed by atoms with van der Waals surface area (Å²) in [7, 11) is -3.89. The molecule has 1 amide bonds. The fraction of sp³-hybridized carbons (Fsp3) is 0.409. The Morgan fingerprint density at radius 2 is 1.76 bits per heavy atom. The number of halogens is 1. The van der Waals surface area contributed by atoms with Gasteiger partial charge >= 0.3 is 0 Å². The first-order valence-corrected chi connectivity index (χ1v) is 11.8. The molecule has 0 spiro atoms. The minimum atomic E-state index is -3.89. The van der Waals surface area contributed by atoms with Crippen LogP contribution in [0.25, 0.3) is 0 Å². The van der Waals surface area contributed by atoms with Crippen molar-refractivity contribution in [2.75, 3.05) is 10.8 Å². The molecular weight excluding hydrogens is 408 g/mol. The maximum Gasteiger partial charge on any atom is 0.264 e. The number of aryl methyl sites for hydroxylation is 1. The van der Waals surface area contributed by atoms with Gasteiger partial charge in [-0.25, -0.2) is 8.42 Å². The fourth-order valence-electron chi connectivity index (χ4n) is 4.56. The molecule has 0 unspecified atom stereocenters. The number of carbonyl (C=O) groups is 1. The Hall–Kier alpha value is -2.05. The quantitative estimate of drug-likeness (QED) is 0.745. The van der Waals surface area contributed by atoms with Crippen LogP contribution >= 0.6 is 11.6 Å². The molecule has 2 aromatic carbocycles. The van der Waals surface area contributed by atoms with Crippen molar-refractivity contribution in [3.05, 3.63) is 59.1 Å². The second-order valence-electron chi connectivity index (χ2n) is 8.15. The van der Waals surface area contributed by atoms with Crippen molar-refractivity contribution < 1.29 is 13.2 Å². The highest BCUT2D eigenvalue weighted by Crippen LogP contribution is 2.44. The van der Waals surface area contributed by atoms with Gasteiger partial charge in [-0.2, -0.15) is 0 Å². The Bertz CT molecular complexity index is 990. The molecule has 0 radical (unpaired) electrons. The van der Waals surface area contributed by atoms with Crippen molar-refractivity contribution in [3.63, 3.8) is 0 Å². The number of nitrogens with zero attached hydrogens (tertiary/aromatic N) is 1. The zero-order chi connectivity index (χ0) is 20.6. The normalized spacial score (nSPS) is 23.2. The highest BCUT2D eigenvalue weighted by atomic mass is 35.5. The number of amides is 1. The van der Waals surface area contributed by atoms with Crippen molar-refractivity contribution >= 4 is 33.2 Å². The van der Waals surface area contributed by atoms with Gasteiger partial charge in [0.25, 0.3) is 10.0 Å². The smallest absolute Gasteiger partial charge is 0.264 e. The number of hydrogen-bond acceptors (Lipinski definition) is 3. The Kier molecular flexibility index (Phi) is 5.58. The standard InChI is InChI=1S/C22H25ClN2O3S/c1-15-2-10-20(11-3-15)29(27,28)25(19-8-6-18(23)7-9-19)14-22(26)24-21-13-16-4-5-17(21)12-16/h2-3,6-11,16-17,21H,4-5,12-14H2,1H3,(H,24,26)/t16-,17-,21-/m0/s1. The number of nitrogens with one attached hydrogen (secondary N) is 1. The molecule has 4 rings (SSSR count). The van der Waals surface area contributed by atoms with Gasteiger partial charge in [0, 0.05) is 11.1 Å². The highest BCUT2D eigenvalue weighted by Gasteiger charge is 2.40. The number of hydrogen-bond donors (Lipinski definition) is 1. The van der Waals surface area contributed by atoms with Gasteiger partial charge in [0.05, 0.1) is 10.6 Å². The van der Waals surface area contributed by atoms with E-state index >= 15 is 0 Å². The lowest BCUT2D eigenvalue weighted by atomic mass is 9.95. The molecular formula is C22H25ClN2O3S.